The number of anilines is 2. The van der Waals surface area contributed by atoms with Gasteiger partial charge < -0.3 is 15.1 Å². The highest BCUT2D eigenvalue weighted by atomic mass is 16.4. The molecule has 0 aliphatic carbocycles. The molecule has 6 nitrogen and oxygen atoms in total. The van der Waals surface area contributed by atoms with Crippen molar-refractivity contribution in [2.45, 2.75) is 6.92 Å². The molecule has 2 N–H and O–H groups in total. The first kappa shape index (κ1) is 16.4. The fourth-order valence-corrected chi connectivity index (χ4v) is 2.58. The zero-order valence-corrected chi connectivity index (χ0v) is 13.6. The molecule has 0 saturated heterocycles. The van der Waals surface area contributed by atoms with E-state index in [0.29, 0.717) is 18.1 Å². The van der Waals surface area contributed by atoms with Crippen molar-refractivity contribution in [1.82, 2.24) is 9.97 Å². The summed E-state index contributed by atoms with van der Waals surface area (Å²) >= 11 is 0. The standard InChI is InChI=1S/C19H17N3O3/c1-2-22(15-10-6-7-11-16(15)23)18-14(19(24)25)12-20-17(21-18)13-8-4-3-5-9-13/h3-12,23H,2H2,1H3,(H,24,25). The van der Waals surface area contributed by atoms with Crippen LogP contribution in [-0.4, -0.2) is 32.7 Å². The monoisotopic (exact) mass is 335 g/mol. The first-order valence-corrected chi connectivity index (χ1v) is 7.83. The van der Waals surface area contributed by atoms with E-state index >= 15 is 0 Å². The molecule has 3 rings (SSSR count). The predicted octanol–water partition coefficient (Wildman–Crippen LogP) is 3.71. The van der Waals surface area contributed by atoms with Gasteiger partial charge in [-0.2, -0.15) is 0 Å². The van der Waals surface area contributed by atoms with Gasteiger partial charge in [0.1, 0.15) is 11.3 Å². The van der Waals surface area contributed by atoms with Gasteiger partial charge in [-0.25, -0.2) is 14.8 Å². The van der Waals surface area contributed by atoms with Crippen molar-refractivity contribution >= 4 is 17.5 Å². The van der Waals surface area contributed by atoms with Crippen LogP contribution in [0.25, 0.3) is 11.4 Å². The molecule has 25 heavy (non-hydrogen) atoms. The number of phenols is 1. The van der Waals surface area contributed by atoms with Crippen LogP contribution in [0.5, 0.6) is 5.75 Å². The van der Waals surface area contributed by atoms with Gasteiger partial charge in [0.05, 0.1) is 5.69 Å². The van der Waals surface area contributed by atoms with E-state index in [1.165, 1.54) is 6.20 Å². The Balaban J connectivity index is 2.18. The van der Waals surface area contributed by atoms with Gasteiger partial charge in [0, 0.05) is 18.3 Å². The highest BCUT2D eigenvalue weighted by molar-refractivity contribution is 5.94. The summed E-state index contributed by atoms with van der Waals surface area (Å²) in [6, 6.07) is 16.1. The average molecular weight is 335 g/mol. The maximum Gasteiger partial charge on any atom is 0.341 e. The summed E-state index contributed by atoms with van der Waals surface area (Å²) in [5.74, 6) is -0.399. The van der Waals surface area contributed by atoms with E-state index in [-0.39, 0.29) is 17.1 Å². The highest BCUT2D eigenvalue weighted by Crippen LogP contribution is 2.34. The van der Waals surface area contributed by atoms with Crippen molar-refractivity contribution in [3.8, 4) is 17.1 Å². The van der Waals surface area contributed by atoms with E-state index in [1.54, 1.807) is 29.2 Å². The maximum atomic E-state index is 11.6. The molecule has 0 fully saturated rings. The van der Waals surface area contributed by atoms with Gasteiger partial charge in [-0.1, -0.05) is 42.5 Å². The van der Waals surface area contributed by atoms with E-state index in [9.17, 15) is 15.0 Å². The molecule has 0 amide bonds. The van der Waals surface area contributed by atoms with E-state index in [0.717, 1.165) is 5.56 Å². The van der Waals surface area contributed by atoms with Crippen LogP contribution >= 0.6 is 0 Å². The lowest BCUT2D eigenvalue weighted by molar-refractivity contribution is 0.0697. The van der Waals surface area contributed by atoms with E-state index in [2.05, 4.69) is 9.97 Å². The molecule has 0 unspecified atom stereocenters. The van der Waals surface area contributed by atoms with E-state index in [4.69, 9.17) is 0 Å². The molecule has 1 heterocycles. The Kier molecular flexibility index (Phi) is 4.61. The number of rotatable bonds is 5. The van der Waals surface area contributed by atoms with Crippen LogP contribution in [0.15, 0.2) is 60.8 Å². The Labute approximate surface area is 145 Å². The Morgan fingerprint density at radius 3 is 2.40 bits per heavy atom. The average Bonchev–Trinajstić information content (AvgIpc) is 2.64. The van der Waals surface area contributed by atoms with Crippen LogP contribution in [0.1, 0.15) is 17.3 Å². The summed E-state index contributed by atoms with van der Waals surface area (Å²) in [7, 11) is 0. The molecule has 2 aromatic carbocycles. The molecule has 0 aliphatic rings. The number of aromatic hydroxyl groups is 1. The third-order valence-corrected chi connectivity index (χ3v) is 3.78. The third kappa shape index (κ3) is 3.28. The minimum absolute atomic E-state index is 0.0233. The lowest BCUT2D eigenvalue weighted by atomic mass is 10.2. The number of phenolic OH excluding ortho intramolecular Hbond substituents is 1. The summed E-state index contributed by atoms with van der Waals surface area (Å²) in [5.41, 5.74) is 1.25. The summed E-state index contributed by atoms with van der Waals surface area (Å²) in [6.07, 6.45) is 1.30. The van der Waals surface area contributed by atoms with Crippen LogP contribution in [0.2, 0.25) is 0 Å². The van der Waals surface area contributed by atoms with E-state index in [1.807, 2.05) is 37.3 Å². The third-order valence-electron chi connectivity index (χ3n) is 3.78. The van der Waals surface area contributed by atoms with Crippen molar-refractivity contribution in [1.29, 1.82) is 0 Å². The van der Waals surface area contributed by atoms with Crippen LogP contribution in [0.4, 0.5) is 11.5 Å². The Hall–Kier alpha value is -3.41. The highest BCUT2D eigenvalue weighted by Gasteiger charge is 2.21. The predicted molar refractivity (Wildman–Crippen MR) is 95.2 cm³/mol. The van der Waals surface area contributed by atoms with Gasteiger partial charge in [0.25, 0.3) is 0 Å². The molecule has 1 aromatic heterocycles. The van der Waals surface area contributed by atoms with Crippen LogP contribution < -0.4 is 4.90 Å². The topological polar surface area (TPSA) is 86.5 Å². The largest absolute Gasteiger partial charge is 0.506 e. The van der Waals surface area contributed by atoms with Crippen molar-refractivity contribution < 1.29 is 15.0 Å². The second-order valence-electron chi connectivity index (χ2n) is 5.34. The fraction of sp³-hybridized carbons (Fsp3) is 0.105. The number of carboxylic acids is 1. The zero-order chi connectivity index (χ0) is 17.8. The molecule has 0 spiro atoms. The van der Waals surface area contributed by atoms with Gasteiger partial charge in [0.2, 0.25) is 0 Å². The second kappa shape index (κ2) is 7.00. The fourth-order valence-electron chi connectivity index (χ4n) is 2.58. The number of nitrogens with zero attached hydrogens (tertiary/aromatic N) is 3. The van der Waals surface area contributed by atoms with Crippen LogP contribution in [0, 0.1) is 0 Å². The first-order valence-electron chi connectivity index (χ1n) is 7.83. The molecule has 6 heteroatoms. The van der Waals surface area contributed by atoms with Gasteiger partial charge in [-0.3, -0.25) is 0 Å². The van der Waals surface area contributed by atoms with Crippen molar-refractivity contribution in [3.63, 3.8) is 0 Å². The van der Waals surface area contributed by atoms with Crippen molar-refractivity contribution in [2.75, 3.05) is 11.4 Å². The maximum absolute atomic E-state index is 11.6. The number of para-hydroxylation sites is 2. The van der Waals surface area contributed by atoms with Gasteiger partial charge >= 0.3 is 5.97 Å². The lowest BCUT2D eigenvalue weighted by Gasteiger charge is -2.24. The molecular weight excluding hydrogens is 318 g/mol. The normalized spacial score (nSPS) is 10.4. The summed E-state index contributed by atoms with van der Waals surface area (Å²) in [5, 5.41) is 19.7. The molecule has 0 saturated carbocycles. The van der Waals surface area contributed by atoms with Crippen LogP contribution in [-0.2, 0) is 0 Å². The molecule has 3 aromatic rings. The summed E-state index contributed by atoms with van der Waals surface area (Å²) < 4.78 is 0. The minimum atomic E-state index is -1.12. The first-order chi connectivity index (χ1) is 12.1. The van der Waals surface area contributed by atoms with Gasteiger partial charge in [0.15, 0.2) is 11.6 Å². The number of benzene rings is 2. The summed E-state index contributed by atoms with van der Waals surface area (Å²) in [4.78, 5) is 22.0. The number of hydrogen-bond donors (Lipinski definition) is 2. The number of carboxylic acid groups (broad SMARTS) is 1. The Morgan fingerprint density at radius 1 is 1.08 bits per heavy atom. The van der Waals surface area contributed by atoms with Gasteiger partial charge in [-0.05, 0) is 19.1 Å². The minimum Gasteiger partial charge on any atom is -0.506 e. The second-order valence-corrected chi connectivity index (χ2v) is 5.34. The van der Waals surface area contributed by atoms with Gasteiger partial charge in [-0.15, -0.1) is 0 Å². The number of aromatic nitrogens is 2. The SMILES string of the molecule is CCN(c1ccccc1O)c1nc(-c2ccccc2)ncc1C(=O)O. The van der Waals surface area contributed by atoms with Crippen molar-refractivity contribution in [2.24, 2.45) is 0 Å². The molecule has 0 bridgehead atoms. The molecular formula is C19H17N3O3. The molecule has 0 atom stereocenters. The zero-order valence-electron chi connectivity index (χ0n) is 13.6. The molecule has 0 aliphatic heterocycles. The molecule has 126 valence electrons. The lowest BCUT2D eigenvalue weighted by Crippen LogP contribution is -2.21. The molecule has 0 radical (unpaired) electrons. The Bertz CT molecular complexity index is 897. The number of hydrogen-bond acceptors (Lipinski definition) is 5. The quantitative estimate of drug-likeness (QED) is 0.739. The van der Waals surface area contributed by atoms with E-state index < -0.39 is 5.97 Å². The number of aromatic carboxylic acids is 1. The summed E-state index contributed by atoms with van der Waals surface area (Å²) in [6.45, 7) is 2.30. The Morgan fingerprint density at radius 2 is 1.76 bits per heavy atom. The smallest absolute Gasteiger partial charge is 0.341 e. The van der Waals surface area contributed by atoms with Crippen molar-refractivity contribution in [3.05, 3.63) is 66.4 Å². The van der Waals surface area contributed by atoms with Crippen LogP contribution in [0.3, 0.4) is 0 Å². The number of carbonyl (C=O) groups is 1.